The number of carbonyl (C=O) groups excluding carboxylic acids is 1. The zero-order chi connectivity index (χ0) is 20.3. The first-order valence-electron chi connectivity index (χ1n) is 9.95. The summed E-state index contributed by atoms with van der Waals surface area (Å²) in [5.41, 5.74) is 2.87. The van der Waals surface area contributed by atoms with Crippen LogP contribution < -0.4 is 5.32 Å². The molecule has 0 saturated heterocycles. The summed E-state index contributed by atoms with van der Waals surface area (Å²) in [5.74, 6) is 2.28. The second-order valence-corrected chi connectivity index (χ2v) is 8.20. The van der Waals surface area contributed by atoms with Crippen molar-refractivity contribution in [2.24, 2.45) is 23.7 Å². The fraction of sp³-hybridized carbons (Fsp3) is 0.545. The van der Waals surface area contributed by atoms with Gasteiger partial charge in [0.25, 0.3) is 0 Å². The minimum absolute atomic E-state index is 0.0762. The van der Waals surface area contributed by atoms with E-state index in [1.807, 2.05) is 0 Å². The maximum Gasteiger partial charge on any atom is 0.246 e. The number of aromatic amines is 1. The van der Waals surface area contributed by atoms with Crippen molar-refractivity contribution in [2.45, 2.75) is 33.6 Å². The number of nitrogens with zero attached hydrogens (tertiary/aromatic N) is 1. The third kappa shape index (κ3) is 4.79. The van der Waals surface area contributed by atoms with Crippen molar-refractivity contribution in [3.63, 3.8) is 0 Å². The zero-order valence-corrected chi connectivity index (χ0v) is 17.1. The highest BCUT2D eigenvalue weighted by atomic mass is 19.1. The first kappa shape index (κ1) is 20.5. The van der Waals surface area contributed by atoms with Crippen molar-refractivity contribution < 1.29 is 13.9 Å². The molecule has 0 bridgehead atoms. The Kier molecular flexibility index (Phi) is 6.50. The molecule has 1 amide bonds. The average Bonchev–Trinajstić information content (AvgIpc) is 3.03. The Bertz CT molecular complexity index is 859. The smallest absolute Gasteiger partial charge is 0.246 e. The first-order chi connectivity index (χ1) is 13.4. The van der Waals surface area contributed by atoms with Crippen LogP contribution in [0.25, 0.3) is 11.0 Å². The molecule has 1 heterocycles. The molecule has 0 fully saturated rings. The van der Waals surface area contributed by atoms with Crippen LogP contribution in [-0.4, -0.2) is 36.1 Å². The molecular weight excluding hydrogens is 357 g/mol. The molecule has 0 radical (unpaired) electrons. The monoisotopic (exact) mass is 387 g/mol. The molecule has 152 valence electrons. The number of benzene rings is 1. The number of nitrogens with one attached hydrogen (secondary N) is 2. The van der Waals surface area contributed by atoms with E-state index in [4.69, 9.17) is 4.74 Å². The highest BCUT2D eigenvalue weighted by Crippen LogP contribution is 2.38. The Labute approximate surface area is 165 Å². The van der Waals surface area contributed by atoms with Crippen LogP contribution >= 0.6 is 0 Å². The Balaban J connectivity index is 1.73. The van der Waals surface area contributed by atoms with Gasteiger partial charge in [0.15, 0.2) is 0 Å². The van der Waals surface area contributed by atoms with Gasteiger partial charge in [0.1, 0.15) is 18.2 Å². The molecular formula is C22H30FN3O2. The average molecular weight is 387 g/mol. The van der Waals surface area contributed by atoms with Crippen LogP contribution in [-0.2, 0) is 16.0 Å². The number of rotatable bonds is 7. The lowest BCUT2D eigenvalue weighted by Gasteiger charge is -2.37. The summed E-state index contributed by atoms with van der Waals surface area (Å²) in [4.78, 5) is 19.7. The Morgan fingerprint density at radius 2 is 2.21 bits per heavy atom. The number of ether oxygens (including phenoxy) is 1. The van der Waals surface area contributed by atoms with Crippen molar-refractivity contribution in [1.29, 1.82) is 0 Å². The Morgan fingerprint density at radius 1 is 1.43 bits per heavy atom. The number of imidazole rings is 1. The highest BCUT2D eigenvalue weighted by Gasteiger charge is 2.32. The van der Waals surface area contributed by atoms with Gasteiger partial charge in [0.2, 0.25) is 5.91 Å². The molecule has 1 aromatic carbocycles. The predicted molar refractivity (Wildman–Crippen MR) is 108 cm³/mol. The van der Waals surface area contributed by atoms with Crippen molar-refractivity contribution in [3.8, 4) is 0 Å². The third-order valence-corrected chi connectivity index (χ3v) is 5.83. The molecule has 1 aliphatic rings. The lowest BCUT2D eigenvalue weighted by molar-refractivity contribution is -0.124. The van der Waals surface area contributed by atoms with E-state index in [0.29, 0.717) is 30.2 Å². The number of allylic oxidation sites excluding steroid dienone is 1. The Morgan fingerprint density at radius 3 is 2.93 bits per heavy atom. The molecule has 28 heavy (non-hydrogen) atoms. The highest BCUT2D eigenvalue weighted by molar-refractivity contribution is 5.77. The molecule has 3 rings (SSSR count). The quantitative estimate of drug-likeness (QED) is 0.709. The van der Waals surface area contributed by atoms with E-state index in [1.54, 1.807) is 6.07 Å². The van der Waals surface area contributed by atoms with Crippen LogP contribution in [0.4, 0.5) is 4.39 Å². The van der Waals surface area contributed by atoms with Gasteiger partial charge in [0, 0.05) is 20.1 Å². The molecule has 5 nitrogen and oxygen atoms in total. The predicted octanol–water partition coefficient (Wildman–Crippen LogP) is 3.86. The van der Waals surface area contributed by atoms with Crippen LogP contribution in [0.15, 0.2) is 29.8 Å². The van der Waals surface area contributed by atoms with Gasteiger partial charge in [-0.2, -0.15) is 0 Å². The largest absolute Gasteiger partial charge is 0.375 e. The second-order valence-electron chi connectivity index (χ2n) is 8.20. The minimum atomic E-state index is -0.255. The lowest BCUT2D eigenvalue weighted by Crippen LogP contribution is -2.38. The lowest BCUT2D eigenvalue weighted by atomic mass is 9.70. The van der Waals surface area contributed by atoms with Gasteiger partial charge in [0.05, 0.1) is 11.0 Å². The van der Waals surface area contributed by atoms with E-state index < -0.39 is 0 Å². The van der Waals surface area contributed by atoms with Crippen molar-refractivity contribution in [3.05, 3.63) is 41.5 Å². The SMILES string of the molecule is COCC(=O)NC[C@@H]1C=C(C)[C@H](Cc2nc3ccc(F)cc3[nH]2)C[C@H]1C(C)C. The second kappa shape index (κ2) is 8.86. The maximum absolute atomic E-state index is 13.4. The number of hydrogen-bond donors (Lipinski definition) is 2. The van der Waals surface area contributed by atoms with Gasteiger partial charge in [-0.05, 0) is 55.2 Å². The number of hydrogen-bond acceptors (Lipinski definition) is 3. The summed E-state index contributed by atoms with van der Waals surface area (Å²) in [6.07, 6.45) is 4.18. The minimum Gasteiger partial charge on any atom is -0.375 e. The van der Waals surface area contributed by atoms with Crippen LogP contribution in [0.1, 0.15) is 33.0 Å². The van der Waals surface area contributed by atoms with E-state index in [2.05, 4.69) is 42.1 Å². The molecule has 0 saturated carbocycles. The number of fused-ring (bicyclic) bond motifs is 1. The number of amides is 1. The molecule has 6 heteroatoms. The van der Waals surface area contributed by atoms with Gasteiger partial charge in [-0.15, -0.1) is 0 Å². The van der Waals surface area contributed by atoms with Gasteiger partial charge < -0.3 is 15.0 Å². The number of H-pyrrole nitrogens is 1. The standard InChI is InChI=1S/C22H30FN3O2/c1-13(2)18-8-15(14(3)7-16(18)11-24-22(27)12-28-4)9-21-25-19-6-5-17(23)10-20(19)26-21/h5-7,10,13,15-16,18H,8-9,11-12H2,1-4H3,(H,24,27)(H,25,26)/t15-,16-,18-/m0/s1. The summed E-state index contributed by atoms with van der Waals surface area (Å²) in [7, 11) is 1.53. The van der Waals surface area contributed by atoms with E-state index in [1.165, 1.54) is 24.8 Å². The van der Waals surface area contributed by atoms with Crippen LogP contribution in [0, 0.1) is 29.5 Å². The Hall–Kier alpha value is -2.21. The van der Waals surface area contributed by atoms with Crippen LogP contribution in [0.2, 0.25) is 0 Å². The molecule has 0 spiro atoms. The summed E-state index contributed by atoms with van der Waals surface area (Å²) in [5, 5.41) is 2.98. The zero-order valence-electron chi connectivity index (χ0n) is 17.1. The molecule has 1 aliphatic carbocycles. The molecule has 3 atom stereocenters. The molecule has 2 N–H and O–H groups in total. The normalized spacial score (nSPS) is 22.5. The van der Waals surface area contributed by atoms with Gasteiger partial charge >= 0.3 is 0 Å². The van der Waals surface area contributed by atoms with Crippen molar-refractivity contribution in [2.75, 3.05) is 20.3 Å². The van der Waals surface area contributed by atoms with E-state index in [-0.39, 0.29) is 18.3 Å². The maximum atomic E-state index is 13.4. The van der Waals surface area contributed by atoms with Crippen LogP contribution in [0.3, 0.4) is 0 Å². The fourth-order valence-corrected chi connectivity index (χ4v) is 4.29. The fourth-order valence-electron chi connectivity index (χ4n) is 4.29. The first-order valence-corrected chi connectivity index (χ1v) is 9.95. The van der Waals surface area contributed by atoms with Gasteiger partial charge in [-0.1, -0.05) is 25.5 Å². The van der Waals surface area contributed by atoms with E-state index in [0.717, 1.165) is 29.7 Å². The molecule has 0 unspecified atom stereocenters. The molecule has 1 aromatic heterocycles. The summed E-state index contributed by atoms with van der Waals surface area (Å²) in [6.45, 7) is 7.37. The summed E-state index contributed by atoms with van der Waals surface area (Å²) < 4.78 is 18.3. The topological polar surface area (TPSA) is 67.0 Å². The summed E-state index contributed by atoms with van der Waals surface area (Å²) in [6, 6.07) is 4.64. The van der Waals surface area contributed by atoms with Gasteiger partial charge in [-0.3, -0.25) is 4.79 Å². The molecule has 0 aliphatic heterocycles. The van der Waals surface area contributed by atoms with Crippen LogP contribution in [0.5, 0.6) is 0 Å². The van der Waals surface area contributed by atoms with E-state index in [9.17, 15) is 9.18 Å². The van der Waals surface area contributed by atoms with Crippen molar-refractivity contribution >= 4 is 16.9 Å². The third-order valence-electron chi connectivity index (χ3n) is 5.83. The van der Waals surface area contributed by atoms with Gasteiger partial charge in [-0.25, -0.2) is 9.37 Å². The number of halogens is 1. The number of aromatic nitrogens is 2. The van der Waals surface area contributed by atoms with E-state index >= 15 is 0 Å². The molecule has 2 aromatic rings. The number of methoxy groups -OCH3 is 1. The number of carbonyl (C=O) groups is 1. The van der Waals surface area contributed by atoms with Crippen molar-refractivity contribution in [1.82, 2.24) is 15.3 Å². The summed E-state index contributed by atoms with van der Waals surface area (Å²) >= 11 is 0.